The lowest BCUT2D eigenvalue weighted by Crippen LogP contribution is -3.20. The highest BCUT2D eigenvalue weighted by Gasteiger charge is 2.27. The minimum atomic E-state index is 0. The van der Waals surface area contributed by atoms with Gasteiger partial charge < -0.3 is 22.0 Å². The highest BCUT2D eigenvalue weighted by Crippen LogP contribution is 1.95. The Hall–Kier alpha value is -1.01. The fourth-order valence-corrected chi connectivity index (χ4v) is 2.24. The van der Waals surface area contributed by atoms with Crippen molar-refractivity contribution in [2.24, 2.45) is 0 Å². The van der Waals surface area contributed by atoms with Crippen molar-refractivity contribution in [3.8, 4) is 11.8 Å². The summed E-state index contributed by atoms with van der Waals surface area (Å²) in [7, 11) is 0. The van der Waals surface area contributed by atoms with Crippen LogP contribution in [-0.2, 0) is 4.74 Å². The molecule has 1 unspecified atom stereocenters. The first-order chi connectivity index (χ1) is 8.27. The first-order valence-electron chi connectivity index (χ1n) is 6.24. The second-order valence-electron chi connectivity index (χ2n) is 4.76. The molecular weight excluding hydrogens is 246 g/mol. The van der Waals surface area contributed by atoms with Crippen molar-refractivity contribution in [1.29, 1.82) is 0 Å². The molecule has 0 radical (unpaired) electrons. The fraction of sp³-hybridized carbons (Fsp3) is 0.467. The van der Waals surface area contributed by atoms with Gasteiger partial charge in [0.05, 0.1) is 13.2 Å². The average molecular weight is 266 g/mol. The van der Waals surface area contributed by atoms with Crippen LogP contribution in [0.1, 0.15) is 19.4 Å². The molecule has 1 fully saturated rings. The first kappa shape index (κ1) is 15.0. The molecular formula is C15H20ClNO. The zero-order chi connectivity index (χ0) is 12.1. The van der Waals surface area contributed by atoms with Gasteiger partial charge in [-0.15, -0.1) is 0 Å². The number of quaternary nitrogens is 1. The Balaban J connectivity index is 0.00000162. The van der Waals surface area contributed by atoms with Gasteiger partial charge in [-0.1, -0.05) is 24.1 Å². The van der Waals surface area contributed by atoms with Gasteiger partial charge in [0.1, 0.15) is 18.6 Å². The van der Waals surface area contributed by atoms with Gasteiger partial charge in [0.15, 0.2) is 0 Å². The molecule has 0 saturated carbocycles. The van der Waals surface area contributed by atoms with E-state index in [4.69, 9.17) is 4.74 Å². The molecule has 0 aromatic heterocycles. The highest BCUT2D eigenvalue weighted by molar-refractivity contribution is 5.33. The molecule has 3 atom stereocenters. The molecule has 1 heterocycles. The van der Waals surface area contributed by atoms with Crippen LogP contribution < -0.4 is 17.3 Å². The molecule has 1 aliphatic rings. The molecule has 0 bridgehead atoms. The molecule has 3 heteroatoms. The van der Waals surface area contributed by atoms with Crippen LogP contribution in [0, 0.1) is 11.8 Å². The van der Waals surface area contributed by atoms with Crippen LogP contribution in [0.5, 0.6) is 0 Å². The van der Waals surface area contributed by atoms with Crippen molar-refractivity contribution in [1.82, 2.24) is 0 Å². The molecule has 1 saturated heterocycles. The van der Waals surface area contributed by atoms with Gasteiger partial charge >= 0.3 is 0 Å². The molecule has 2 rings (SSSR count). The van der Waals surface area contributed by atoms with Crippen molar-refractivity contribution in [2.75, 3.05) is 19.8 Å². The number of benzene rings is 1. The smallest absolute Gasteiger partial charge is 0.140 e. The van der Waals surface area contributed by atoms with Crippen molar-refractivity contribution >= 4 is 0 Å². The van der Waals surface area contributed by atoms with Crippen LogP contribution in [0.25, 0.3) is 0 Å². The van der Waals surface area contributed by atoms with E-state index >= 15 is 0 Å². The van der Waals surface area contributed by atoms with Crippen molar-refractivity contribution in [2.45, 2.75) is 25.9 Å². The van der Waals surface area contributed by atoms with Gasteiger partial charge in [-0.05, 0) is 31.9 Å². The quantitative estimate of drug-likeness (QED) is 0.566. The van der Waals surface area contributed by atoms with Gasteiger partial charge in [0, 0.05) is 5.56 Å². The minimum Gasteiger partial charge on any atom is -1.00 e. The summed E-state index contributed by atoms with van der Waals surface area (Å²) in [6, 6.07) is 11.3. The number of hydrogen-bond acceptors (Lipinski definition) is 1. The standard InChI is InChI=1S/C15H19NO.ClH/c1-13-11-17-12-14(2)16(13)10-6-9-15-7-4-3-5-8-15;/h3-5,7-8,13-14H,10-12H2,1-2H3;1H/t13-,14+;. The third-order valence-corrected chi connectivity index (χ3v) is 3.30. The number of nitrogens with one attached hydrogen (secondary N) is 1. The highest BCUT2D eigenvalue weighted by atomic mass is 35.5. The SMILES string of the molecule is C[C@@H]1COC[C@H](C)[NH+]1CC#Cc1ccccc1.[Cl-]. The van der Waals surface area contributed by atoms with Crippen LogP contribution in [0.2, 0.25) is 0 Å². The lowest BCUT2D eigenvalue weighted by molar-refractivity contribution is -0.948. The second kappa shape index (κ2) is 7.43. The van der Waals surface area contributed by atoms with E-state index in [9.17, 15) is 0 Å². The number of halogens is 1. The zero-order valence-corrected chi connectivity index (χ0v) is 11.7. The molecule has 1 aliphatic heterocycles. The maximum absolute atomic E-state index is 5.52. The van der Waals surface area contributed by atoms with E-state index in [1.165, 1.54) is 0 Å². The minimum absolute atomic E-state index is 0. The molecule has 0 amide bonds. The molecule has 1 aromatic rings. The third-order valence-electron chi connectivity index (χ3n) is 3.30. The summed E-state index contributed by atoms with van der Waals surface area (Å²) in [6.45, 7) is 7.07. The largest absolute Gasteiger partial charge is 1.00 e. The molecule has 98 valence electrons. The average Bonchev–Trinajstić information content (AvgIpc) is 2.34. The van der Waals surface area contributed by atoms with Crippen LogP contribution in [-0.4, -0.2) is 31.8 Å². The van der Waals surface area contributed by atoms with E-state index in [2.05, 4.69) is 37.8 Å². The number of hydrogen-bond donors (Lipinski definition) is 1. The monoisotopic (exact) mass is 265 g/mol. The number of ether oxygens (including phenoxy) is 1. The fourth-order valence-electron chi connectivity index (χ4n) is 2.24. The van der Waals surface area contributed by atoms with Gasteiger partial charge in [0.2, 0.25) is 0 Å². The normalized spacial score (nSPS) is 26.7. The Bertz CT molecular complexity index is 399. The predicted molar refractivity (Wildman–Crippen MR) is 68.9 cm³/mol. The Labute approximate surface area is 116 Å². The predicted octanol–water partition coefficient (Wildman–Crippen LogP) is -2.27. The van der Waals surface area contributed by atoms with Gasteiger partial charge in [-0.2, -0.15) is 0 Å². The number of morpholine rings is 1. The molecule has 1 aromatic carbocycles. The van der Waals surface area contributed by atoms with Gasteiger partial charge in [0.25, 0.3) is 0 Å². The lowest BCUT2D eigenvalue weighted by atomic mass is 10.1. The summed E-state index contributed by atoms with van der Waals surface area (Å²) in [5.41, 5.74) is 1.10. The van der Waals surface area contributed by atoms with Gasteiger partial charge in [-0.25, -0.2) is 0 Å². The summed E-state index contributed by atoms with van der Waals surface area (Å²) in [5.74, 6) is 6.51. The van der Waals surface area contributed by atoms with Crippen LogP contribution in [0.4, 0.5) is 0 Å². The van der Waals surface area contributed by atoms with E-state index in [1.54, 1.807) is 4.90 Å². The topological polar surface area (TPSA) is 13.7 Å². The van der Waals surface area contributed by atoms with Crippen molar-refractivity contribution in [3.63, 3.8) is 0 Å². The van der Waals surface area contributed by atoms with E-state index in [-0.39, 0.29) is 12.4 Å². The van der Waals surface area contributed by atoms with Crippen LogP contribution in [0.15, 0.2) is 30.3 Å². The molecule has 0 aliphatic carbocycles. The second-order valence-corrected chi connectivity index (χ2v) is 4.76. The van der Waals surface area contributed by atoms with Crippen LogP contribution >= 0.6 is 0 Å². The van der Waals surface area contributed by atoms with E-state index in [0.717, 1.165) is 25.3 Å². The van der Waals surface area contributed by atoms with Crippen LogP contribution in [0.3, 0.4) is 0 Å². The summed E-state index contributed by atoms with van der Waals surface area (Å²) in [4.78, 5) is 1.54. The Morgan fingerprint density at radius 1 is 1.17 bits per heavy atom. The Kier molecular flexibility index (Phi) is 6.21. The van der Waals surface area contributed by atoms with E-state index in [0.29, 0.717) is 12.1 Å². The third kappa shape index (κ3) is 4.03. The van der Waals surface area contributed by atoms with Crippen molar-refractivity contribution in [3.05, 3.63) is 35.9 Å². The summed E-state index contributed by atoms with van der Waals surface area (Å²) in [6.07, 6.45) is 0. The lowest BCUT2D eigenvalue weighted by Gasteiger charge is -2.34. The molecule has 0 spiro atoms. The Morgan fingerprint density at radius 3 is 2.39 bits per heavy atom. The van der Waals surface area contributed by atoms with E-state index < -0.39 is 0 Å². The van der Waals surface area contributed by atoms with Gasteiger partial charge in [-0.3, -0.25) is 0 Å². The number of rotatable bonds is 1. The summed E-state index contributed by atoms with van der Waals surface area (Å²) in [5, 5.41) is 0. The van der Waals surface area contributed by atoms with E-state index in [1.807, 2.05) is 18.2 Å². The molecule has 18 heavy (non-hydrogen) atoms. The first-order valence-corrected chi connectivity index (χ1v) is 6.24. The maximum atomic E-state index is 5.52. The van der Waals surface area contributed by atoms with Crippen molar-refractivity contribution < 1.29 is 22.0 Å². The molecule has 2 nitrogen and oxygen atoms in total. The zero-order valence-electron chi connectivity index (χ0n) is 10.9. The molecule has 1 N–H and O–H groups in total. The summed E-state index contributed by atoms with van der Waals surface area (Å²) < 4.78 is 5.52. The summed E-state index contributed by atoms with van der Waals surface area (Å²) >= 11 is 0. The Morgan fingerprint density at radius 2 is 1.78 bits per heavy atom. The maximum Gasteiger partial charge on any atom is 0.140 e.